The van der Waals surface area contributed by atoms with E-state index in [0.717, 1.165) is 11.4 Å². The molecule has 0 amide bonds. The average molecular weight is 268 g/mol. The van der Waals surface area contributed by atoms with E-state index in [1.807, 2.05) is 31.0 Å². The number of hydrogen-bond acceptors (Lipinski definition) is 3. The summed E-state index contributed by atoms with van der Waals surface area (Å²) in [4.78, 5) is 6.52. The molecule has 0 spiro atoms. The van der Waals surface area contributed by atoms with Crippen LogP contribution < -0.4 is 10.6 Å². The van der Waals surface area contributed by atoms with Gasteiger partial charge in [-0.15, -0.1) is 0 Å². The molecule has 0 saturated carbocycles. The third-order valence-corrected chi connectivity index (χ3v) is 3.34. The number of nitrogens with zero attached hydrogens (tertiary/aromatic N) is 2. The Balaban J connectivity index is 2.55. The fourth-order valence-electron chi connectivity index (χ4n) is 2.30. The van der Waals surface area contributed by atoms with Crippen LogP contribution in [-0.4, -0.2) is 17.9 Å². The molecule has 4 nitrogen and oxygen atoms in total. The zero-order chi connectivity index (χ0) is 14.9. The molecule has 4 heteroatoms. The van der Waals surface area contributed by atoms with Crippen molar-refractivity contribution in [3.63, 3.8) is 0 Å². The van der Waals surface area contributed by atoms with Gasteiger partial charge in [0.2, 0.25) is 0 Å². The number of benzene rings is 1. The van der Waals surface area contributed by atoms with Crippen LogP contribution in [0.5, 0.6) is 0 Å². The number of anilines is 2. The van der Waals surface area contributed by atoms with Crippen molar-refractivity contribution in [3.8, 4) is 0 Å². The van der Waals surface area contributed by atoms with Gasteiger partial charge in [-0.1, -0.05) is 17.7 Å². The van der Waals surface area contributed by atoms with Gasteiger partial charge in [-0.3, -0.25) is 5.41 Å². The van der Waals surface area contributed by atoms with Gasteiger partial charge in [-0.2, -0.15) is 0 Å². The van der Waals surface area contributed by atoms with Crippen LogP contribution in [0.3, 0.4) is 0 Å². The number of hydrogen-bond donors (Lipinski definition) is 2. The molecule has 1 aromatic heterocycles. The monoisotopic (exact) mass is 268 g/mol. The molecule has 1 aromatic carbocycles. The van der Waals surface area contributed by atoms with Crippen molar-refractivity contribution >= 4 is 17.3 Å². The highest BCUT2D eigenvalue weighted by atomic mass is 15.2. The Hall–Kier alpha value is -2.36. The minimum Gasteiger partial charge on any atom is -0.384 e. The molecule has 2 rings (SSSR count). The molecule has 20 heavy (non-hydrogen) atoms. The average Bonchev–Trinajstić information content (AvgIpc) is 2.37. The summed E-state index contributed by atoms with van der Waals surface area (Å²) in [6.45, 7) is 6.08. The quantitative estimate of drug-likeness (QED) is 0.664. The molecule has 3 N–H and O–H groups in total. The first-order valence-electron chi connectivity index (χ1n) is 6.53. The van der Waals surface area contributed by atoms with Gasteiger partial charge in [0.25, 0.3) is 0 Å². The molecule has 0 saturated heterocycles. The maximum absolute atomic E-state index is 7.70. The van der Waals surface area contributed by atoms with Gasteiger partial charge in [0.05, 0.1) is 5.56 Å². The van der Waals surface area contributed by atoms with Crippen molar-refractivity contribution in [3.05, 3.63) is 52.7 Å². The smallest absolute Gasteiger partial charge is 0.144 e. The molecular weight excluding hydrogens is 248 g/mol. The van der Waals surface area contributed by atoms with Crippen LogP contribution in [0.2, 0.25) is 0 Å². The Morgan fingerprint density at radius 3 is 2.45 bits per heavy atom. The number of nitrogens with one attached hydrogen (secondary N) is 1. The molecule has 0 fully saturated rings. The Kier molecular flexibility index (Phi) is 3.74. The van der Waals surface area contributed by atoms with E-state index in [0.29, 0.717) is 11.4 Å². The molecule has 104 valence electrons. The van der Waals surface area contributed by atoms with E-state index >= 15 is 0 Å². The molecule has 0 aliphatic carbocycles. The van der Waals surface area contributed by atoms with E-state index < -0.39 is 0 Å². The van der Waals surface area contributed by atoms with Gasteiger partial charge in [0.15, 0.2) is 0 Å². The Morgan fingerprint density at radius 1 is 1.15 bits per heavy atom. The fourth-order valence-corrected chi connectivity index (χ4v) is 2.30. The Labute approximate surface area is 119 Å². The summed E-state index contributed by atoms with van der Waals surface area (Å²) in [5.41, 5.74) is 10.7. The number of nitrogen functional groups attached to an aromatic ring is 1. The van der Waals surface area contributed by atoms with Crippen LogP contribution in [0.4, 0.5) is 11.5 Å². The van der Waals surface area contributed by atoms with Crippen LogP contribution >= 0.6 is 0 Å². The molecule has 0 unspecified atom stereocenters. The van der Waals surface area contributed by atoms with E-state index in [-0.39, 0.29) is 5.84 Å². The van der Waals surface area contributed by atoms with E-state index in [1.165, 1.54) is 11.1 Å². The van der Waals surface area contributed by atoms with Crippen LogP contribution in [0.25, 0.3) is 0 Å². The van der Waals surface area contributed by atoms with E-state index in [2.05, 4.69) is 37.0 Å². The summed E-state index contributed by atoms with van der Waals surface area (Å²) in [7, 11) is 1.95. The lowest BCUT2D eigenvalue weighted by molar-refractivity contribution is 1.07. The molecule has 1 heterocycles. The molecule has 0 atom stereocenters. The molecule has 2 aromatic rings. The lowest BCUT2D eigenvalue weighted by Crippen LogP contribution is -2.20. The van der Waals surface area contributed by atoms with Crippen molar-refractivity contribution in [1.29, 1.82) is 5.41 Å². The van der Waals surface area contributed by atoms with Crippen molar-refractivity contribution < 1.29 is 0 Å². The van der Waals surface area contributed by atoms with E-state index in [4.69, 9.17) is 11.1 Å². The minimum absolute atomic E-state index is 0.0316. The SMILES string of the molecule is Cc1ccc(N(C)c2nc(C)ccc2C(=N)N)c(C)c1. The lowest BCUT2D eigenvalue weighted by atomic mass is 10.1. The van der Waals surface area contributed by atoms with Crippen LogP contribution in [0.1, 0.15) is 22.4 Å². The minimum atomic E-state index is 0.0316. The molecule has 0 radical (unpaired) electrons. The van der Waals surface area contributed by atoms with E-state index in [9.17, 15) is 0 Å². The summed E-state index contributed by atoms with van der Waals surface area (Å²) in [5.74, 6) is 0.744. The molecule has 0 aliphatic rings. The van der Waals surface area contributed by atoms with Gasteiger partial charge < -0.3 is 10.6 Å². The third kappa shape index (κ3) is 2.64. The Morgan fingerprint density at radius 2 is 1.85 bits per heavy atom. The van der Waals surface area contributed by atoms with Gasteiger partial charge in [0.1, 0.15) is 11.7 Å². The van der Waals surface area contributed by atoms with Gasteiger partial charge in [0, 0.05) is 18.4 Å². The van der Waals surface area contributed by atoms with Gasteiger partial charge in [-0.05, 0) is 44.5 Å². The first-order chi connectivity index (χ1) is 9.40. The number of rotatable bonds is 3. The zero-order valence-corrected chi connectivity index (χ0v) is 12.4. The zero-order valence-electron chi connectivity index (χ0n) is 12.4. The van der Waals surface area contributed by atoms with Crippen LogP contribution in [-0.2, 0) is 0 Å². The van der Waals surface area contributed by atoms with E-state index in [1.54, 1.807) is 0 Å². The summed E-state index contributed by atoms with van der Waals surface area (Å²) < 4.78 is 0. The highest BCUT2D eigenvalue weighted by Crippen LogP contribution is 2.28. The second-order valence-corrected chi connectivity index (χ2v) is 5.09. The molecule has 0 bridgehead atoms. The van der Waals surface area contributed by atoms with Crippen molar-refractivity contribution in [2.45, 2.75) is 20.8 Å². The molecular formula is C16H20N4. The number of nitrogens with two attached hydrogens (primary N) is 1. The normalized spacial score (nSPS) is 10.4. The van der Waals surface area contributed by atoms with Crippen LogP contribution in [0.15, 0.2) is 30.3 Å². The number of pyridine rings is 1. The van der Waals surface area contributed by atoms with Crippen molar-refractivity contribution in [2.75, 3.05) is 11.9 Å². The highest BCUT2D eigenvalue weighted by molar-refractivity contribution is 6.00. The number of aryl methyl sites for hydroxylation is 3. The second kappa shape index (κ2) is 5.33. The van der Waals surface area contributed by atoms with Crippen LogP contribution in [0, 0.1) is 26.2 Å². The Bertz CT molecular complexity index is 662. The summed E-state index contributed by atoms with van der Waals surface area (Å²) in [6.07, 6.45) is 0. The first kappa shape index (κ1) is 14.1. The topological polar surface area (TPSA) is 66.0 Å². The van der Waals surface area contributed by atoms with Crippen molar-refractivity contribution in [1.82, 2.24) is 4.98 Å². The van der Waals surface area contributed by atoms with Gasteiger partial charge >= 0.3 is 0 Å². The summed E-state index contributed by atoms with van der Waals surface area (Å²) in [5, 5.41) is 7.70. The predicted molar refractivity (Wildman–Crippen MR) is 84.0 cm³/mol. The highest BCUT2D eigenvalue weighted by Gasteiger charge is 2.14. The van der Waals surface area contributed by atoms with Crippen molar-refractivity contribution in [2.24, 2.45) is 5.73 Å². The first-order valence-corrected chi connectivity index (χ1v) is 6.53. The lowest BCUT2D eigenvalue weighted by Gasteiger charge is -2.23. The van der Waals surface area contributed by atoms with Gasteiger partial charge in [-0.25, -0.2) is 4.98 Å². The number of aromatic nitrogens is 1. The predicted octanol–water partition coefficient (Wildman–Crippen LogP) is 3.06. The summed E-state index contributed by atoms with van der Waals surface area (Å²) in [6, 6.07) is 9.99. The fraction of sp³-hybridized carbons (Fsp3) is 0.250. The third-order valence-electron chi connectivity index (χ3n) is 3.34. The second-order valence-electron chi connectivity index (χ2n) is 5.09. The molecule has 0 aliphatic heterocycles. The maximum atomic E-state index is 7.70. The largest absolute Gasteiger partial charge is 0.384 e. The standard InChI is InChI=1S/C16H20N4/c1-10-5-8-14(11(2)9-10)20(4)16-13(15(17)18)7-6-12(3)19-16/h5-9H,1-4H3,(H3,17,18). The maximum Gasteiger partial charge on any atom is 0.144 e. The number of amidine groups is 1. The summed E-state index contributed by atoms with van der Waals surface area (Å²) >= 11 is 0.